The van der Waals surface area contributed by atoms with Crippen molar-refractivity contribution in [3.05, 3.63) is 41.9 Å². The quantitative estimate of drug-likeness (QED) is 0.511. The molecule has 0 radical (unpaired) electrons. The number of carbonyl (C=O) groups excluding carboxylic acids is 2. The van der Waals surface area contributed by atoms with Crippen molar-refractivity contribution in [2.24, 2.45) is 0 Å². The maximum atomic E-state index is 13.1. The molecule has 0 aliphatic carbocycles. The minimum absolute atomic E-state index is 0.00222. The van der Waals surface area contributed by atoms with Crippen molar-refractivity contribution < 1.29 is 14.0 Å². The van der Waals surface area contributed by atoms with Gasteiger partial charge in [-0.2, -0.15) is 0 Å². The number of anilines is 1. The van der Waals surface area contributed by atoms with E-state index in [1.165, 1.54) is 29.2 Å². The second kappa shape index (κ2) is 6.45. The number of nitrogens with one attached hydrogen (secondary N) is 1. The van der Waals surface area contributed by atoms with Crippen molar-refractivity contribution >= 4 is 34.8 Å². The van der Waals surface area contributed by atoms with Gasteiger partial charge in [-0.3, -0.25) is 19.8 Å². The number of piperidine rings is 1. The van der Waals surface area contributed by atoms with Crippen LogP contribution >= 0.6 is 12.2 Å². The minimum Gasteiger partial charge on any atom is -0.377 e. The summed E-state index contributed by atoms with van der Waals surface area (Å²) < 4.78 is 13.1. The second-order valence-corrected chi connectivity index (χ2v) is 5.90. The number of likely N-dealkylation sites (tertiary alicyclic amines) is 1. The molecule has 1 N–H and O–H groups in total. The molecular formula is C16H16FN3O2S. The van der Waals surface area contributed by atoms with Crippen molar-refractivity contribution in [1.29, 1.82) is 0 Å². The summed E-state index contributed by atoms with van der Waals surface area (Å²) in [7, 11) is 0. The molecule has 0 bridgehead atoms. The highest BCUT2D eigenvalue weighted by Crippen LogP contribution is 2.22. The predicted molar refractivity (Wildman–Crippen MR) is 88.1 cm³/mol. The van der Waals surface area contributed by atoms with Crippen LogP contribution in [0.3, 0.4) is 0 Å². The molecule has 2 aliphatic heterocycles. The highest BCUT2D eigenvalue weighted by atomic mass is 32.1. The molecule has 5 nitrogen and oxygen atoms in total. The van der Waals surface area contributed by atoms with Crippen LogP contribution in [0.25, 0.3) is 0 Å². The normalized spacial score (nSPS) is 20.9. The standard InChI is InChI=1S/C16H16FN3O2S/c17-11-4-6-12(7-5-11)20-15(22)13(14(21)18-16(20)23)10-19-8-2-1-3-9-19/h4-7,10H,1-3,8-9H2,(H,18,21,23)/b13-10+. The summed E-state index contributed by atoms with van der Waals surface area (Å²) in [6.45, 7) is 1.65. The van der Waals surface area contributed by atoms with Gasteiger partial charge in [-0.05, 0) is 55.7 Å². The summed E-state index contributed by atoms with van der Waals surface area (Å²) >= 11 is 5.09. The summed E-state index contributed by atoms with van der Waals surface area (Å²) in [6.07, 6.45) is 4.85. The molecule has 0 aromatic heterocycles. The lowest BCUT2D eigenvalue weighted by atomic mass is 10.1. The maximum absolute atomic E-state index is 13.1. The summed E-state index contributed by atoms with van der Waals surface area (Å²) in [6, 6.07) is 5.40. The lowest BCUT2D eigenvalue weighted by molar-refractivity contribution is -0.122. The third-order valence-electron chi connectivity index (χ3n) is 3.89. The first-order valence-electron chi connectivity index (χ1n) is 7.47. The van der Waals surface area contributed by atoms with Gasteiger partial charge in [0.1, 0.15) is 11.4 Å². The van der Waals surface area contributed by atoms with Gasteiger partial charge in [-0.1, -0.05) is 0 Å². The zero-order valence-electron chi connectivity index (χ0n) is 12.4. The molecule has 1 aromatic carbocycles. The van der Waals surface area contributed by atoms with E-state index >= 15 is 0 Å². The molecule has 2 heterocycles. The summed E-state index contributed by atoms with van der Waals surface area (Å²) in [5, 5.41) is 2.52. The molecule has 120 valence electrons. The van der Waals surface area contributed by atoms with E-state index in [0.717, 1.165) is 32.4 Å². The number of hydrogen-bond acceptors (Lipinski definition) is 4. The van der Waals surface area contributed by atoms with E-state index in [-0.39, 0.29) is 10.7 Å². The Morgan fingerprint density at radius 3 is 2.39 bits per heavy atom. The fourth-order valence-corrected chi connectivity index (χ4v) is 2.98. The molecule has 2 saturated heterocycles. The van der Waals surface area contributed by atoms with Gasteiger partial charge < -0.3 is 4.90 Å². The average Bonchev–Trinajstić information content (AvgIpc) is 2.54. The van der Waals surface area contributed by atoms with E-state index < -0.39 is 17.6 Å². The first-order chi connectivity index (χ1) is 11.1. The molecule has 0 atom stereocenters. The van der Waals surface area contributed by atoms with Crippen LogP contribution in [0.15, 0.2) is 36.0 Å². The number of thiocarbonyl (C=S) groups is 1. The lowest BCUT2D eigenvalue weighted by Gasteiger charge is -2.31. The fourth-order valence-electron chi connectivity index (χ4n) is 2.70. The van der Waals surface area contributed by atoms with Crippen LogP contribution in [-0.4, -0.2) is 34.9 Å². The molecule has 1 aromatic rings. The first-order valence-corrected chi connectivity index (χ1v) is 7.88. The number of carbonyl (C=O) groups is 2. The molecule has 2 fully saturated rings. The Labute approximate surface area is 138 Å². The van der Waals surface area contributed by atoms with Gasteiger partial charge in [-0.25, -0.2) is 4.39 Å². The Bertz CT molecular complexity index is 681. The molecule has 0 spiro atoms. The molecule has 3 rings (SSSR count). The van der Waals surface area contributed by atoms with E-state index in [1.54, 1.807) is 6.20 Å². The van der Waals surface area contributed by atoms with Crippen LogP contribution in [0, 0.1) is 5.82 Å². The number of amides is 2. The smallest absolute Gasteiger partial charge is 0.271 e. The van der Waals surface area contributed by atoms with E-state index in [4.69, 9.17) is 12.2 Å². The van der Waals surface area contributed by atoms with Crippen LogP contribution in [-0.2, 0) is 9.59 Å². The van der Waals surface area contributed by atoms with Crippen LogP contribution in [0.5, 0.6) is 0 Å². The monoisotopic (exact) mass is 333 g/mol. The van der Waals surface area contributed by atoms with E-state index in [9.17, 15) is 14.0 Å². The Balaban J connectivity index is 1.90. The summed E-state index contributed by atoms with van der Waals surface area (Å²) in [5.41, 5.74) is 0.468. The van der Waals surface area contributed by atoms with Crippen molar-refractivity contribution in [3.63, 3.8) is 0 Å². The molecule has 23 heavy (non-hydrogen) atoms. The number of halogens is 1. The van der Waals surface area contributed by atoms with Gasteiger partial charge in [0, 0.05) is 19.3 Å². The van der Waals surface area contributed by atoms with Crippen LogP contribution in [0.1, 0.15) is 19.3 Å². The molecule has 2 amide bonds. The van der Waals surface area contributed by atoms with Crippen LogP contribution in [0.4, 0.5) is 10.1 Å². The van der Waals surface area contributed by atoms with Crippen molar-refractivity contribution in [2.45, 2.75) is 19.3 Å². The van der Waals surface area contributed by atoms with Gasteiger partial charge in [-0.15, -0.1) is 0 Å². The van der Waals surface area contributed by atoms with Crippen molar-refractivity contribution in [2.75, 3.05) is 18.0 Å². The number of hydrogen-bond donors (Lipinski definition) is 1. The molecule has 0 saturated carbocycles. The first kappa shape index (κ1) is 15.6. The summed E-state index contributed by atoms with van der Waals surface area (Å²) in [5.74, 6) is -1.39. The topological polar surface area (TPSA) is 52.7 Å². The summed E-state index contributed by atoms with van der Waals surface area (Å²) in [4.78, 5) is 28.0. The predicted octanol–water partition coefficient (Wildman–Crippen LogP) is 1.94. The van der Waals surface area contributed by atoms with Gasteiger partial charge in [0.25, 0.3) is 11.8 Å². The van der Waals surface area contributed by atoms with Gasteiger partial charge >= 0.3 is 0 Å². The Kier molecular flexibility index (Phi) is 4.38. The highest BCUT2D eigenvalue weighted by molar-refractivity contribution is 7.80. The maximum Gasteiger partial charge on any atom is 0.271 e. The van der Waals surface area contributed by atoms with Gasteiger partial charge in [0.2, 0.25) is 0 Å². The molecule has 2 aliphatic rings. The van der Waals surface area contributed by atoms with Crippen molar-refractivity contribution in [3.8, 4) is 0 Å². The second-order valence-electron chi connectivity index (χ2n) is 5.52. The Morgan fingerprint density at radius 2 is 1.74 bits per heavy atom. The third-order valence-corrected chi connectivity index (χ3v) is 4.17. The average molecular weight is 333 g/mol. The van der Waals surface area contributed by atoms with E-state index in [0.29, 0.717) is 5.69 Å². The Morgan fingerprint density at radius 1 is 1.09 bits per heavy atom. The van der Waals surface area contributed by atoms with Crippen LogP contribution in [0.2, 0.25) is 0 Å². The number of nitrogens with zero attached hydrogens (tertiary/aromatic N) is 2. The number of rotatable bonds is 2. The number of benzene rings is 1. The Hall–Kier alpha value is -2.28. The molecular weight excluding hydrogens is 317 g/mol. The third kappa shape index (κ3) is 3.24. The molecule has 7 heteroatoms. The van der Waals surface area contributed by atoms with E-state index in [2.05, 4.69) is 5.32 Å². The SMILES string of the molecule is O=C1NC(=S)N(c2ccc(F)cc2)C(=O)/C1=C/N1CCCCC1. The van der Waals surface area contributed by atoms with Gasteiger partial charge in [0.15, 0.2) is 5.11 Å². The molecule has 0 unspecified atom stereocenters. The van der Waals surface area contributed by atoms with Crippen molar-refractivity contribution in [1.82, 2.24) is 10.2 Å². The van der Waals surface area contributed by atoms with E-state index in [1.807, 2.05) is 4.90 Å². The largest absolute Gasteiger partial charge is 0.377 e. The zero-order chi connectivity index (χ0) is 16.4. The minimum atomic E-state index is -0.496. The van der Waals surface area contributed by atoms with Crippen LogP contribution < -0.4 is 10.2 Å². The lowest BCUT2D eigenvalue weighted by Crippen LogP contribution is -2.54. The van der Waals surface area contributed by atoms with Gasteiger partial charge in [0.05, 0.1) is 5.69 Å². The zero-order valence-corrected chi connectivity index (χ0v) is 13.2. The highest BCUT2D eigenvalue weighted by Gasteiger charge is 2.35. The fraction of sp³-hybridized carbons (Fsp3) is 0.312.